The van der Waals surface area contributed by atoms with Gasteiger partial charge in [0, 0.05) is 5.54 Å². The standard InChI is InChI=1S/C10H18N2O/c1-7-10(5,6)12-8(13)11-9(2,3)4/h1H,2-6H3,(H2,11,12,13). The van der Waals surface area contributed by atoms with Gasteiger partial charge in [-0.05, 0) is 34.6 Å². The fourth-order valence-electron chi connectivity index (χ4n) is 0.692. The molecule has 13 heavy (non-hydrogen) atoms. The second-order valence-corrected chi connectivity index (χ2v) is 4.60. The highest BCUT2D eigenvalue weighted by molar-refractivity contribution is 5.76. The average Bonchev–Trinajstić information content (AvgIpc) is 1.81. The van der Waals surface area contributed by atoms with Crippen LogP contribution >= 0.6 is 0 Å². The Kier molecular flexibility index (Phi) is 3.36. The first-order valence-electron chi connectivity index (χ1n) is 4.24. The SMILES string of the molecule is C#CC(C)(C)NC(=O)NC(C)(C)C. The molecule has 2 N–H and O–H groups in total. The van der Waals surface area contributed by atoms with E-state index in [1.165, 1.54) is 0 Å². The summed E-state index contributed by atoms with van der Waals surface area (Å²) < 4.78 is 0. The predicted octanol–water partition coefficient (Wildman–Crippen LogP) is 1.50. The summed E-state index contributed by atoms with van der Waals surface area (Å²) in [6.07, 6.45) is 5.23. The Bertz CT molecular complexity index is 230. The van der Waals surface area contributed by atoms with Crippen molar-refractivity contribution < 1.29 is 4.79 Å². The van der Waals surface area contributed by atoms with E-state index in [9.17, 15) is 4.79 Å². The van der Waals surface area contributed by atoms with Gasteiger partial charge in [-0.3, -0.25) is 0 Å². The molecular weight excluding hydrogens is 164 g/mol. The third-order valence-corrected chi connectivity index (χ3v) is 1.28. The summed E-state index contributed by atoms with van der Waals surface area (Å²) in [6.45, 7) is 9.28. The molecule has 0 bridgehead atoms. The van der Waals surface area contributed by atoms with Gasteiger partial charge in [-0.25, -0.2) is 4.79 Å². The largest absolute Gasteiger partial charge is 0.334 e. The molecule has 0 aromatic rings. The van der Waals surface area contributed by atoms with Crippen molar-refractivity contribution in [1.82, 2.24) is 10.6 Å². The van der Waals surface area contributed by atoms with Crippen molar-refractivity contribution in [2.24, 2.45) is 0 Å². The molecule has 0 radical (unpaired) electrons. The van der Waals surface area contributed by atoms with E-state index in [0.717, 1.165) is 0 Å². The highest BCUT2D eigenvalue weighted by atomic mass is 16.2. The molecule has 0 heterocycles. The number of nitrogens with one attached hydrogen (secondary N) is 2. The second-order valence-electron chi connectivity index (χ2n) is 4.60. The maximum atomic E-state index is 11.3. The summed E-state index contributed by atoms with van der Waals surface area (Å²) >= 11 is 0. The van der Waals surface area contributed by atoms with Gasteiger partial charge in [-0.2, -0.15) is 0 Å². The molecule has 0 aliphatic carbocycles. The van der Waals surface area contributed by atoms with E-state index in [1.54, 1.807) is 13.8 Å². The summed E-state index contributed by atoms with van der Waals surface area (Å²) in [5.74, 6) is 2.49. The zero-order valence-corrected chi connectivity index (χ0v) is 8.99. The number of carbonyl (C=O) groups excluding carboxylic acids is 1. The smallest absolute Gasteiger partial charge is 0.316 e. The van der Waals surface area contributed by atoms with Crippen molar-refractivity contribution in [3.8, 4) is 12.3 Å². The van der Waals surface area contributed by atoms with Crippen molar-refractivity contribution in [1.29, 1.82) is 0 Å². The zero-order chi connectivity index (χ0) is 10.7. The highest BCUT2D eigenvalue weighted by Crippen LogP contribution is 2.01. The predicted molar refractivity (Wildman–Crippen MR) is 54.3 cm³/mol. The van der Waals surface area contributed by atoms with Gasteiger partial charge in [0.25, 0.3) is 0 Å². The van der Waals surface area contributed by atoms with E-state index in [-0.39, 0.29) is 11.6 Å². The molecule has 0 saturated carbocycles. The molecule has 0 rings (SSSR count). The van der Waals surface area contributed by atoms with Crippen molar-refractivity contribution in [3.05, 3.63) is 0 Å². The molecule has 0 aliphatic rings. The number of hydrogen-bond donors (Lipinski definition) is 2. The van der Waals surface area contributed by atoms with E-state index >= 15 is 0 Å². The third kappa shape index (κ3) is 6.03. The second kappa shape index (κ2) is 3.69. The van der Waals surface area contributed by atoms with Crippen LogP contribution in [0.1, 0.15) is 34.6 Å². The minimum atomic E-state index is -0.602. The zero-order valence-electron chi connectivity index (χ0n) is 8.99. The van der Waals surface area contributed by atoms with Crippen LogP contribution in [0.3, 0.4) is 0 Å². The number of carbonyl (C=O) groups is 1. The van der Waals surface area contributed by atoms with Crippen molar-refractivity contribution in [3.63, 3.8) is 0 Å². The van der Waals surface area contributed by atoms with Crippen LogP contribution in [0.25, 0.3) is 0 Å². The molecule has 0 aromatic heterocycles. The normalized spacial score (nSPS) is 11.7. The molecule has 0 atom stereocenters. The summed E-state index contributed by atoms with van der Waals surface area (Å²) in [7, 11) is 0. The lowest BCUT2D eigenvalue weighted by Gasteiger charge is -2.25. The molecule has 0 aliphatic heterocycles. The Morgan fingerprint density at radius 3 is 1.92 bits per heavy atom. The number of rotatable bonds is 1. The van der Waals surface area contributed by atoms with Gasteiger partial charge in [0.15, 0.2) is 0 Å². The summed E-state index contributed by atoms with van der Waals surface area (Å²) in [6, 6.07) is -0.240. The lowest BCUT2D eigenvalue weighted by atomic mass is 10.1. The first kappa shape index (κ1) is 11.8. The van der Waals surface area contributed by atoms with Crippen LogP contribution in [0.2, 0.25) is 0 Å². The van der Waals surface area contributed by atoms with Crippen LogP contribution in [0.15, 0.2) is 0 Å². The van der Waals surface area contributed by atoms with Gasteiger partial charge < -0.3 is 10.6 Å². The van der Waals surface area contributed by atoms with Gasteiger partial charge in [0.2, 0.25) is 0 Å². The molecule has 0 unspecified atom stereocenters. The first-order chi connectivity index (χ1) is 5.66. The summed E-state index contributed by atoms with van der Waals surface area (Å²) in [5.41, 5.74) is -0.843. The maximum Gasteiger partial charge on any atom is 0.316 e. The Morgan fingerprint density at radius 1 is 1.15 bits per heavy atom. The lowest BCUT2D eigenvalue weighted by Crippen LogP contribution is -2.52. The van der Waals surface area contributed by atoms with E-state index in [2.05, 4.69) is 16.6 Å². The van der Waals surface area contributed by atoms with E-state index in [4.69, 9.17) is 6.42 Å². The van der Waals surface area contributed by atoms with Crippen LogP contribution in [0.4, 0.5) is 4.79 Å². The maximum absolute atomic E-state index is 11.3. The molecule has 0 fully saturated rings. The molecular formula is C10H18N2O. The minimum absolute atomic E-state index is 0.240. The molecule has 3 nitrogen and oxygen atoms in total. The van der Waals surface area contributed by atoms with Crippen LogP contribution in [-0.4, -0.2) is 17.1 Å². The van der Waals surface area contributed by atoms with Gasteiger partial charge in [0.05, 0.1) is 5.54 Å². The third-order valence-electron chi connectivity index (χ3n) is 1.28. The number of terminal acetylenes is 1. The van der Waals surface area contributed by atoms with Crippen molar-refractivity contribution in [2.75, 3.05) is 0 Å². The fraction of sp³-hybridized carbons (Fsp3) is 0.700. The van der Waals surface area contributed by atoms with Crippen LogP contribution < -0.4 is 10.6 Å². The van der Waals surface area contributed by atoms with Gasteiger partial charge >= 0.3 is 6.03 Å². The Hall–Kier alpha value is -1.17. The van der Waals surface area contributed by atoms with Crippen LogP contribution in [-0.2, 0) is 0 Å². The Labute approximate surface area is 80.3 Å². The Morgan fingerprint density at radius 2 is 1.62 bits per heavy atom. The topological polar surface area (TPSA) is 41.1 Å². The minimum Gasteiger partial charge on any atom is -0.334 e. The van der Waals surface area contributed by atoms with Crippen molar-refractivity contribution >= 4 is 6.03 Å². The van der Waals surface area contributed by atoms with E-state index in [0.29, 0.717) is 0 Å². The molecule has 0 aromatic carbocycles. The average molecular weight is 182 g/mol. The lowest BCUT2D eigenvalue weighted by molar-refractivity contribution is 0.226. The quantitative estimate of drug-likeness (QED) is 0.593. The number of amides is 2. The fourth-order valence-corrected chi connectivity index (χ4v) is 0.692. The Balaban J connectivity index is 4.13. The molecule has 0 spiro atoms. The first-order valence-corrected chi connectivity index (χ1v) is 4.24. The molecule has 74 valence electrons. The summed E-state index contributed by atoms with van der Waals surface area (Å²) in [5, 5.41) is 5.44. The molecule has 0 saturated heterocycles. The van der Waals surface area contributed by atoms with Crippen molar-refractivity contribution in [2.45, 2.75) is 45.7 Å². The van der Waals surface area contributed by atoms with Gasteiger partial charge in [0.1, 0.15) is 0 Å². The van der Waals surface area contributed by atoms with E-state index in [1.807, 2.05) is 20.8 Å². The van der Waals surface area contributed by atoms with Crippen LogP contribution in [0.5, 0.6) is 0 Å². The number of hydrogen-bond acceptors (Lipinski definition) is 1. The van der Waals surface area contributed by atoms with Gasteiger partial charge in [-0.15, -0.1) is 6.42 Å². The van der Waals surface area contributed by atoms with E-state index < -0.39 is 5.54 Å². The molecule has 3 heteroatoms. The summed E-state index contributed by atoms with van der Waals surface area (Å²) in [4.78, 5) is 11.3. The number of urea groups is 1. The highest BCUT2D eigenvalue weighted by Gasteiger charge is 2.20. The monoisotopic (exact) mass is 182 g/mol. The van der Waals surface area contributed by atoms with Crippen LogP contribution in [0, 0.1) is 12.3 Å². The van der Waals surface area contributed by atoms with Gasteiger partial charge in [-0.1, -0.05) is 5.92 Å². The molecule has 2 amide bonds.